The number of nitrogens with one attached hydrogen (secondary N) is 1. The second-order valence-corrected chi connectivity index (χ2v) is 4.75. The lowest BCUT2D eigenvalue weighted by Gasteiger charge is -2.15. The standard InChI is InChI=1S/C14H12ClFN2O2/c1-9(10-3-2-4-11(16)7-10)17-12-5-6-13(15)14(8-12)18(19)20/h2-9,17H,1H3. The molecule has 20 heavy (non-hydrogen) atoms. The molecule has 0 heterocycles. The molecule has 0 radical (unpaired) electrons. The summed E-state index contributed by atoms with van der Waals surface area (Å²) in [5, 5.41) is 14.0. The number of benzene rings is 2. The Morgan fingerprint density at radius 1 is 1.30 bits per heavy atom. The number of halogens is 2. The van der Waals surface area contributed by atoms with Crippen molar-refractivity contribution >= 4 is 23.0 Å². The van der Waals surface area contributed by atoms with Crippen LogP contribution in [0.5, 0.6) is 0 Å². The zero-order valence-electron chi connectivity index (χ0n) is 10.6. The van der Waals surface area contributed by atoms with Gasteiger partial charge in [-0.1, -0.05) is 23.7 Å². The third kappa shape index (κ3) is 3.24. The average molecular weight is 295 g/mol. The zero-order chi connectivity index (χ0) is 14.7. The van der Waals surface area contributed by atoms with Gasteiger partial charge in [0.25, 0.3) is 5.69 Å². The first-order valence-electron chi connectivity index (χ1n) is 5.93. The molecule has 0 bridgehead atoms. The molecule has 0 aliphatic carbocycles. The van der Waals surface area contributed by atoms with E-state index < -0.39 is 4.92 Å². The molecular weight excluding hydrogens is 283 g/mol. The van der Waals surface area contributed by atoms with Gasteiger partial charge < -0.3 is 5.32 Å². The van der Waals surface area contributed by atoms with Gasteiger partial charge in [0.1, 0.15) is 10.8 Å². The third-order valence-electron chi connectivity index (χ3n) is 2.87. The molecule has 0 saturated heterocycles. The Bertz CT molecular complexity index is 649. The van der Waals surface area contributed by atoms with Crippen LogP contribution in [0.25, 0.3) is 0 Å². The molecule has 2 rings (SSSR count). The Morgan fingerprint density at radius 3 is 2.70 bits per heavy atom. The highest BCUT2D eigenvalue weighted by Gasteiger charge is 2.14. The fourth-order valence-electron chi connectivity index (χ4n) is 1.85. The van der Waals surface area contributed by atoms with Gasteiger partial charge in [0.15, 0.2) is 0 Å². The third-order valence-corrected chi connectivity index (χ3v) is 3.19. The smallest absolute Gasteiger partial charge is 0.289 e. The Kier molecular flexibility index (Phi) is 4.20. The summed E-state index contributed by atoms with van der Waals surface area (Å²) >= 11 is 5.75. The number of hydrogen-bond donors (Lipinski definition) is 1. The quantitative estimate of drug-likeness (QED) is 0.664. The molecule has 0 aromatic heterocycles. The minimum Gasteiger partial charge on any atom is -0.378 e. The van der Waals surface area contributed by atoms with Crippen LogP contribution in [-0.4, -0.2) is 4.92 Å². The summed E-state index contributed by atoms with van der Waals surface area (Å²) in [5.74, 6) is -0.321. The first-order valence-corrected chi connectivity index (χ1v) is 6.31. The molecule has 6 heteroatoms. The summed E-state index contributed by atoms with van der Waals surface area (Å²) in [5.41, 5.74) is 1.14. The van der Waals surface area contributed by atoms with Gasteiger partial charge in [-0.15, -0.1) is 0 Å². The number of nitrogens with zero attached hydrogens (tertiary/aromatic N) is 1. The summed E-state index contributed by atoms with van der Waals surface area (Å²) in [7, 11) is 0. The van der Waals surface area contributed by atoms with Crippen molar-refractivity contribution in [2.45, 2.75) is 13.0 Å². The van der Waals surface area contributed by atoms with Crippen LogP contribution in [0.15, 0.2) is 42.5 Å². The molecule has 2 aromatic carbocycles. The normalized spacial score (nSPS) is 11.9. The maximum Gasteiger partial charge on any atom is 0.289 e. The molecule has 1 atom stereocenters. The molecule has 0 spiro atoms. The molecule has 4 nitrogen and oxygen atoms in total. The molecule has 0 aliphatic heterocycles. The lowest BCUT2D eigenvalue weighted by Crippen LogP contribution is -2.07. The molecule has 0 fully saturated rings. The Balaban J connectivity index is 2.22. The van der Waals surface area contributed by atoms with Crippen molar-refractivity contribution in [3.05, 3.63) is 69.0 Å². The van der Waals surface area contributed by atoms with E-state index in [-0.39, 0.29) is 22.6 Å². The Morgan fingerprint density at radius 2 is 2.05 bits per heavy atom. The molecule has 1 N–H and O–H groups in total. The van der Waals surface area contributed by atoms with Crippen molar-refractivity contribution < 1.29 is 9.31 Å². The summed E-state index contributed by atoms with van der Waals surface area (Å²) < 4.78 is 13.2. The van der Waals surface area contributed by atoms with E-state index in [1.165, 1.54) is 24.3 Å². The van der Waals surface area contributed by atoms with Crippen molar-refractivity contribution in [2.24, 2.45) is 0 Å². The van der Waals surface area contributed by atoms with Crippen molar-refractivity contribution in [3.8, 4) is 0 Å². The second-order valence-electron chi connectivity index (χ2n) is 4.34. The van der Waals surface area contributed by atoms with E-state index in [1.807, 2.05) is 6.92 Å². The van der Waals surface area contributed by atoms with Crippen LogP contribution in [0.2, 0.25) is 5.02 Å². The fourth-order valence-corrected chi connectivity index (χ4v) is 2.04. The largest absolute Gasteiger partial charge is 0.378 e. The van der Waals surface area contributed by atoms with E-state index in [0.29, 0.717) is 5.69 Å². The van der Waals surface area contributed by atoms with Gasteiger partial charge in [-0.05, 0) is 36.8 Å². The first kappa shape index (κ1) is 14.3. The second kappa shape index (κ2) is 5.88. The predicted octanol–water partition coefficient (Wildman–Crippen LogP) is 4.56. The molecule has 0 amide bonds. The predicted molar refractivity (Wildman–Crippen MR) is 76.5 cm³/mol. The maximum atomic E-state index is 13.2. The molecule has 0 saturated carbocycles. The van der Waals surface area contributed by atoms with Crippen LogP contribution < -0.4 is 5.32 Å². The van der Waals surface area contributed by atoms with Crippen LogP contribution >= 0.6 is 11.6 Å². The average Bonchev–Trinajstić information content (AvgIpc) is 2.40. The van der Waals surface area contributed by atoms with Gasteiger partial charge in [0.05, 0.1) is 4.92 Å². The minimum atomic E-state index is -0.541. The Hall–Kier alpha value is -2.14. The van der Waals surface area contributed by atoms with E-state index in [9.17, 15) is 14.5 Å². The van der Waals surface area contributed by atoms with Crippen molar-refractivity contribution in [1.82, 2.24) is 0 Å². The van der Waals surface area contributed by atoms with Crippen LogP contribution in [0, 0.1) is 15.9 Å². The molecule has 104 valence electrons. The van der Waals surface area contributed by atoms with E-state index >= 15 is 0 Å². The molecular formula is C14H12ClFN2O2. The van der Waals surface area contributed by atoms with Crippen molar-refractivity contribution in [1.29, 1.82) is 0 Å². The van der Waals surface area contributed by atoms with E-state index in [2.05, 4.69) is 5.32 Å². The maximum absolute atomic E-state index is 13.2. The van der Waals surface area contributed by atoms with Crippen LogP contribution in [0.4, 0.5) is 15.8 Å². The number of hydrogen-bond acceptors (Lipinski definition) is 3. The number of nitro benzene ring substituents is 1. The van der Waals surface area contributed by atoms with Gasteiger partial charge in [-0.25, -0.2) is 4.39 Å². The van der Waals surface area contributed by atoms with Crippen molar-refractivity contribution in [3.63, 3.8) is 0 Å². The highest BCUT2D eigenvalue weighted by Crippen LogP contribution is 2.29. The van der Waals surface area contributed by atoms with Crippen LogP contribution in [0.3, 0.4) is 0 Å². The lowest BCUT2D eigenvalue weighted by molar-refractivity contribution is -0.384. The lowest BCUT2D eigenvalue weighted by atomic mass is 10.1. The summed E-state index contributed by atoms with van der Waals surface area (Å²) in [6.07, 6.45) is 0. The highest BCUT2D eigenvalue weighted by atomic mass is 35.5. The highest BCUT2D eigenvalue weighted by molar-refractivity contribution is 6.32. The van der Waals surface area contributed by atoms with Gasteiger partial charge in [-0.3, -0.25) is 10.1 Å². The number of rotatable bonds is 4. The topological polar surface area (TPSA) is 55.2 Å². The van der Waals surface area contributed by atoms with Gasteiger partial charge in [0, 0.05) is 17.8 Å². The molecule has 1 unspecified atom stereocenters. The Labute approximate surface area is 120 Å². The van der Waals surface area contributed by atoms with E-state index in [0.717, 1.165) is 5.56 Å². The molecule has 0 aliphatic rings. The summed E-state index contributed by atoms with van der Waals surface area (Å²) in [4.78, 5) is 10.3. The van der Waals surface area contributed by atoms with Gasteiger partial charge in [0.2, 0.25) is 0 Å². The zero-order valence-corrected chi connectivity index (χ0v) is 11.4. The van der Waals surface area contributed by atoms with Crippen LogP contribution in [-0.2, 0) is 0 Å². The number of nitro groups is 1. The minimum absolute atomic E-state index is 0.0824. The fraction of sp³-hybridized carbons (Fsp3) is 0.143. The monoisotopic (exact) mass is 294 g/mol. The summed E-state index contributed by atoms with van der Waals surface area (Å²) in [6.45, 7) is 1.84. The number of anilines is 1. The summed E-state index contributed by atoms with van der Waals surface area (Å²) in [6, 6.07) is 10.5. The van der Waals surface area contributed by atoms with Gasteiger partial charge >= 0.3 is 0 Å². The van der Waals surface area contributed by atoms with Crippen molar-refractivity contribution in [2.75, 3.05) is 5.32 Å². The van der Waals surface area contributed by atoms with Gasteiger partial charge in [-0.2, -0.15) is 0 Å². The SMILES string of the molecule is CC(Nc1ccc(Cl)c([N+](=O)[O-])c1)c1cccc(F)c1. The first-order chi connectivity index (χ1) is 9.47. The molecule has 2 aromatic rings. The van der Waals surface area contributed by atoms with Crippen LogP contribution in [0.1, 0.15) is 18.5 Å². The van der Waals surface area contributed by atoms with E-state index in [4.69, 9.17) is 11.6 Å². The van der Waals surface area contributed by atoms with E-state index in [1.54, 1.807) is 18.2 Å².